The Morgan fingerprint density at radius 3 is 2.62 bits per heavy atom. The summed E-state index contributed by atoms with van der Waals surface area (Å²) in [4.78, 5) is 23.1. The molecule has 1 saturated carbocycles. The number of carbonyl (C=O) groups is 2. The van der Waals surface area contributed by atoms with E-state index in [1.165, 1.54) is 0 Å². The third kappa shape index (κ3) is 6.65. The summed E-state index contributed by atoms with van der Waals surface area (Å²) in [5.74, 6) is 0.202. The molecule has 5 nitrogen and oxygen atoms in total. The van der Waals surface area contributed by atoms with Crippen molar-refractivity contribution in [2.24, 2.45) is 5.92 Å². The Balaban J connectivity index is 2.37. The van der Waals surface area contributed by atoms with Crippen LogP contribution in [-0.4, -0.2) is 30.3 Å². The first-order chi connectivity index (χ1) is 9.71. The number of hydrogen-bond acceptors (Lipinski definition) is 4. The van der Waals surface area contributed by atoms with Crippen LogP contribution in [0, 0.1) is 5.92 Å². The Bertz CT molecular complexity index is 398. The maximum Gasteiger partial charge on any atom is 0.408 e. The lowest BCUT2D eigenvalue weighted by Crippen LogP contribution is -2.38. The zero-order valence-corrected chi connectivity index (χ0v) is 13.5. The average Bonchev–Trinajstić information content (AvgIpc) is 2.65. The molecule has 2 atom stereocenters. The second kappa shape index (κ2) is 7.48. The molecule has 0 radical (unpaired) electrons. The number of nitrogens with one attached hydrogen (secondary N) is 1. The molecule has 1 aliphatic carbocycles. The van der Waals surface area contributed by atoms with E-state index in [1.807, 2.05) is 20.8 Å². The number of amides is 1. The SMILES string of the molecule is C=C1C[C@H](CCC(=O)OCC)C[C@@H]1NC(=O)OC(C)(C)C. The molecule has 21 heavy (non-hydrogen) atoms. The van der Waals surface area contributed by atoms with Crippen LogP contribution in [-0.2, 0) is 14.3 Å². The lowest BCUT2D eigenvalue weighted by atomic mass is 10.0. The summed E-state index contributed by atoms with van der Waals surface area (Å²) in [6.45, 7) is 11.7. The van der Waals surface area contributed by atoms with Crippen molar-refractivity contribution in [1.82, 2.24) is 5.32 Å². The highest BCUT2D eigenvalue weighted by molar-refractivity contribution is 5.69. The number of esters is 1. The van der Waals surface area contributed by atoms with Gasteiger partial charge in [0, 0.05) is 6.42 Å². The van der Waals surface area contributed by atoms with Crippen LogP contribution >= 0.6 is 0 Å². The van der Waals surface area contributed by atoms with Gasteiger partial charge in [0.1, 0.15) is 5.60 Å². The van der Waals surface area contributed by atoms with Gasteiger partial charge in [-0.05, 0) is 52.9 Å². The fraction of sp³-hybridized carbons (Fsp3) is 0.750. The van der Waals surface area contributed by atoms with Crippen molar-refractivity contribution in [2.75, 3.05) is 6.61 Å². The molecule has 0 unspecified atom stereocenters. The number of carbonyl (C=O) groups excluding carboxylic acids is 2. The van der Waals surface area contributed by atoms with E-state index in [0.717, 1.165) is 24.8 Å². The van der Waals surface area contributed by atoms with E-state index >= 15 is 0 Å². The minimum atomic E-state index is -0.507. The number of ether oxygens (including phenoxy) is 2. The first kappa shape index (κ1) is 17.5. The Labute approximate surface area is 127 Å². The molecular weight excluding hydrogens is 270 g/mol. The summed E-state index contributed by atoms with van der Waals surface area (Å²) < 4.78 is 10.2. The molecule has 1 fully saturated rings. The first-order valence-electron chi connectivity index (χ1n) is 7.54. The highest BCUT2D eigenvalue weighted by atomic mass is 16.6. The molecular formula is C16H27NO4. The zero-order valence-electron chi connectivity index (χ0n) is 13.5. The monoisotopic (exact) mass is 297 g/mol. The van der Waals surface area contributed by atoms with Crippen LogP contribution in [0.1, 0.15) is 53.4 Å². The molecule has 0 aromatic carbocycles. The first-order valence-corrected chi connectivity index (χ1v) is 7.54. The van der Waals surface area contributed by atoms with E-state index in [0.29, 0.717) is 18.9 Å². The fourth-order valence-electron chi connectivity index (χ4n) is 2.48. The molecule has 120 valence electrons. The maximum absolute atomic E-state index is 11.8. The van der Waals surface area contributed by atoms with Crippen molar-refractivity contribution < 1.29 is 19.1 Å². The van der Waals surface area contributed by atoms with Crippen LogP contribution < -0.4 is 5.32 Å². The van der Waals surface area contributed by atoms with Gasteiger partial charge in [-0.1, -0.05) is 12.2 Å². The van der Waals surface area contributed by atoms with Crippen molar-refractivity contribution in [3.05, 3.63) is 12.2 Å². The molecule has 0 aromatic rings. The average molecular weight is 297 g/mol. The second-order valence-corrected chi connectivity index (χ2v) is 6.51. The van der Waals surface area contributed by atoms with E-state index in [2.05, 4.69) is 11.9 Å². The van der Waals surface area contributed by atoms with E-state index in [9.17, 15) is 9.59 Å². The zero-order chi connectivity index (χ0) is 16.0. The predicted molar refractivity (Wildman–Crippen MR) is 80.9 cm³/mol. The van der Waals surface area contributed by atoms with E-state index in [4.69, 9.17) is 9.47 Å². The van der Waals surface area contributed by atoms with Crippen LogP contribution in [0.4, 0.5) is 4.79 Å². The van der Waals surface area contributed by atoms with Gasteiger partial charge in [-0.2, -0.15) is 0 Å². The Morgan fingerprint density at radius 2 is 2.05 bits per heavy atom. The molecule has 0 aromatic heterocycles. The summed E-state index contributed by atoms with van der Waals surface area (Å²) in [6, 6.07) is -0.0629. The summed E-state index contributed by atoms with van der Waals surface area (Å²) >= 11 is 0. The van der Waals surface area contributed by atoms with Crippen molar-refractivity contribution in [1.29, 1.82) is 0 Å². The second-order valence-electron chi connectivity index (χ2n) is 6.51. The van der Waals surface area contributed by atoms with Gasteiger partial charge in [-0.15, -0.1) is 0 Å². The largest absolute Gasteiger partial charge is 0.466 e. The molecule has 0 spiro atoms. The lowest BCUT2D eigenvalue weighted by Gasteiger charge is -2.22. The Kier molecular flexibility index (Phi) is 6.24. The Morgan fingerprint density at radius 1 is 1.38 bits per heavy atom. The number of alkyl carbamates (subject to hydrolysis) is 1. The molecule has 1 aliphatic rings. The Hall–Kier alpha value is -1.52. The number of hydrogen-bond donors (Lipinski definition) is 1. The third-order valence-electron chi connectivity index (χ3n) is 3.37. The minimum Gasteiger partial charge on any atom is -0.466 e. The van der Waals surface area contributed by atoms with Crippen molar-refractivity contribution in [3.8, 4) is 0 Å². The normalized spacial score (nSPS) is 22.0. The van der Waals surface area contributed by atoms with Crippen LogP contribution in [0.2, 0.25) is 0 Å². The van der Waals surface area contributed by atoms with Crippen molar-refractivity contribution >= 4 is 12.1 Å². The number of rotatable bonds is 5. The third-order valence-corrected chi connectivity index (χ3v) is 3.37. The predicted octanol–water partition coefficient (Wildman–Crippen LogP) is 3.19. The minimum absolute atomic E-state index is 0.0629. The van der Waals surface area contributed by atoms with Gasteiger partial charge in [-0.3, -0.25) is 4.79 Å². The summed E-state index contributed by atoms with van der Waals surface area (Å²) in [5.41, 5.74) is 0.488. The standard InChI is InChI=1S/C16H27NO4/c1-6-20-14(18)8-7-12-9-11(2)13(10-12)17-15(19)21-16(3,4)5/h12-13H,2,6-10H2,1,3-5H3,(H,17,19)/t12-,13-/m0/s1. The van der Waals surface area contributed by atoms with Crippen molar-refractivity contribution in [2.45, 2.75) is 65.0 Å². The van der Waals surface area contributed by atoms with Crippen molar-refractivity contribution in [3.63, 3.8) is 0 Å². The quantitative estimate of drug-likeness (QED) is 0.625. The molecule has 0 saturated heterocycles. The van der Waals surface area contributed by atoms with Gasteiger partial charge in [0.15, 0.2) is 0 Å². The molecule has 1 amide bonds. The maximum atomic E-state index is 11.8. The van der Waals surface area contributed by atoms with Gasteiger partial charge in [0.05, 0.1) is 12.6 Å². The van der Waals surface area contributed by atoms with E-state index < -0.39 is 11.7 Å². The highest BCUT2D eigenvalue weighted by Crippen LogP contribution is 2.33. The van der Waals surface area contributed by atoms with Gasteiger partial charge in [-0.25, -0.2) is 4.79 Å². The summed E-state index contributed by atoms with van der Waals surface area (Å²) in [7, 11) is 0. The topological polar surface area (TPSA) is 64.6 Å². The molecule has 1 N–H and O–H groups in total. The van der Waals surface area contributed by atoms with Crippen LogP contribution in [0.15, 0.2) is 12.2 Å². The van der Waals surface area contributed by atoms with Crippen LogP contribution in [0.5, 0.6) is 0 Å². The molecule has 1 rings (SSSR count). The molecule has 0 heterocycles. The van der Waals surface area contributed by atoms with Gasteiger partial charge in [0.25, 0.3) is 0 Å². The summed E-state index contributed by atoms with van der Waals surface area (Å²) in [6.07, 6.45) is 2.41. The van der Waals surface area contributed by atoms with Gasteiger partial charge < -0.3 is 14.8 Å². The summed E-state index contributed by atoms with van der Waals surface area (Å²) in [5, 5.41) is 2.85. The van der Waals surface area contributed by atoms with Gasteiger partial charge in [0.2, 0.25) is 0 Å². The van der Waals surface area contributed by atoms with Crippen LogP contribution in [0.25, 0.3) is 0 Å². The fourth-order valence-corrected chi connectivity index (χ4v) is 2.48. The highest BCUT2D eigenvalue weighted by Gasteiger charge is 2.30. The van der Waals surface area contributed by atoms with E-state index in [-0.39, 0.29) is 12.0 Å². The van der Waals surface area contributed by atoms with Crippen LogP contribution in [0.3, 0.4) is 0 Å². The lowest BCUT2D eigenvalue weighted by molar-refractivity contribution is -0.143. The van der Waals surface area contributed by atoms with E-state index in [1.54, 1.807) is 6.92 Å². The molecule has 0 bridgehead atoms. The molecule has 0 aliphatic heterocycles. The smallest absolute Gasteiger partial charge is 0.408 e. The van der Waals surface area contributed by atoms with Gasteiger partial charge >= 0.3 is 12.1 Å². The molecule has 5 heteroatoms.